The standard InChI is InChI=1S/C9H20N2O/c1-5-6-11(8(2)3)7-9(12)10-4/h8H,5-7H2,1-4H3,(H,10,12). The van der Waals surface area contributed by atoms with Gasteiger partial charge >= 0.3 is 0 Å². The van der Waals surface area contributed by atoms with Crippen LogP contribution in [-0.4, -0.2) is 37.0 Å². The van der Waals surface area contributed by atoms with Gasteiger partial charge in [0.1, 0.15) is 0 Å². The van der Waals surface area contributed by atoms with Gasteiger partial charge in [-0.2, -0.15) is 0 Å². The first-order valence-corrected chi connectivity index (χ1v) is 4.56. The number of rotatable bonds is 5. The van der Waals surface area contributed by atoms with Gasteiger partial charge in [0.15, 0.2) is 0 Å². The van der Waals surface area contributed by atoms with E-state index in [9.17, 15) is 4.79 Å². The number of nitrogens with zero attached hydrogens (tertiary/aromatic N) is 1. The average molecular weight is 172 g/mol. The Balaban J connectivity index is 3.86. The number of likely N-dealkylation sites (N-methyl/N-ethyl adjacent to an activating group) is 1. The fraction of sp³-hybridized carbons (Fsp3) is 0.889. The van der Waals surface area contributed by atoms with Crippen LogP contribution in [0.3, 0.4) is 0 Å². The molecule has 0 spiro atoms. The fourth-order valence-corrected chi connectivity index (χ4v) is 1.07. The monoisotopic (exact) mass is 172 g/mol. The summed E-state index contributed by atoms with van der Waals surface area (Å²) in [6, 6.07) is 0.447. The summed E-state index contributed by atoms with van der Waals surface area (Å²) in [6.45, 7) is 7.85. The Morgan fingerprint density at radius 1 is 1.50 bits per heavy atom. The lowest BCUT2D eigenvalue weighted by Crippen LogP contribution is -2.40. The van der Waals surface area contributed by atoms with Crippen molar-refractivity contribution in [2.45, 2.75) is 33.2 Å². The van der Waals surface area contributed by atoms with Crippen LogP contribution < -0.4 is 5.32 Å². The normalized spacial score (nSPS) is 10.8. The van der Waals surface area contributed by atoms with E-state index in [0.29, 0.717) is 12.6 Å². The number of nitrogens with one attached hydrogen (secondary N) is 1. The minimum atomic E-state index is 0.0946. The van der Waals surface area contributed by atoms with E-state index in [1.807, 2.05) is 0 Å². The molecule has 0 radical (unpaired) electrons. The van der Waals surface area contributed by atoms with E-state index >= 15 is 0 Å². The molecule has 1 N–H and O–H groups in total. The van der Waals surface area contributed by atoms with Crippen molar-refractivity contribution in [2.24, 2.45) is 0 Å². The molecule has 72 valence electrons. The summed E-state index contributed by atoms with van der Waals surface area (Å²) in [6.07, 6.45) is 1.09. The second-order valence-corrected chi connectivity index (χ2v) is 3.24. The first-order valence-electron chi connectivity index (χ1n) is 4.56. The van der Waals surface area contributed by atoms with Crippen LogP contribution in [0.2, 0.25) is 0 Å². The van der Waals surface area contributed by atoms with Gasteiger partial charge in [-0.3, -0.25) is 9.69 Å². The molecule has 0 aromatic carbocycles. The predicted molar refractivity (Wildman–Crippen MR) is 51.1 cm³/mol. The summed E-state index contributed by atoms with van der Waals surface area (Å²) in [5, 5.41) is 2.63. The summed E-state index contributed by atoms with van der Waals surface area (Å²) < 4.78 is 0. The van der Waals surface area contributed by atoms with E-state index in [2.05, 4.69) is 31.0 Å². The van der Waals surface area contributed by atoms with Gasteiger partial charge in [-0.15, -0.1) is 0 Å². The lowest BCUT2D eigenvalue weighted by molar-refractivity contribution is -0.122. The zero-order valence-electron chi connectivity index (χ0n) is 8.55. The van der Waals surface area contributed by atoms with Crippen LogP contribution in [-0.2, 0) is 4.79 Å². The summed E-state index contributed by atoms with van der Waals surface area (Å²) >= 11 is 0. The second kappa shape index (κ2) is 6.00. The first-order chi connectivity index (χ1) is 5.61. The molecule has 0 bridgehead atoms. The van der Waals surface area contributed by atoms with Gasteiger partial charge in [-0.25, -0.2) is 0 Å². The number of hydrogen-bond donors (Lipinski definition) is 1. The number of carbonyl (C=O) groups excluding carboxylic acids is 1. The van der Waals surface area contributed by atoms with Gasteiger partial charge in [0.25, 0.3) is 0 Å². The van der Waals surface area contributed by atoms with E-state index < -0.39 is 0 Å². The molecule has 12 heavy (non-hydrogen) atoms. The summed E-state index contributed by atoms with van der Waals surface area (Å²) in [4.78, 5) is 13.2. The third-order valence-corrected chi connectivity index (χ3v) is 1.87. The van der Waals surface area contributed by atoms with Gasteiger partial charge in [-0.05, 0) is 26.8 Å². The molecule has 3 heteroatoms. The molecular formula is C9H20N2O. The molecule has 0 saturated carbocycles. The van der Waals surface area contributed by atoms with Crippen LogP contribution in [0.25, 0.3) is 0 Å². The molecule has 0 aliphatic rings. The molecule has 0 atom stereocenters. The summed E-state index contributed by atoms with van der Waals surface area (Å²) in [7, 11) is 1.67. The number of hydrogen-bond acceptors (Lipinski definition) is 2. The summed E-state index contributed by atoms with van der Waals surface area (Å²) in [5.74, 6) is 0.0946. The number of carbonyl (C=O) groups is 1. The Hall–Kier alpha value is -0.570. The highest BCUT2D eigenvalue weighted by Crippen LogP contribution is 1.98. The molecule has 0 saturated heterocycles. The van der Waals surface area contributed by atoms with Crippen molar-refractivity contribution in [3.8, 4) is 0 Å². The van der Waals surface area contributed by atoms with Gasteiger partial charge < -0.3 is 5.32 Å². The van der Waals surface area contributed by atoms with Crippen molar-refractivity contribution in [2.75, 3.05) is 20.1 Å². The maximum atomic E-state index is 11.0. The lowest BCUT2D eigenvalue weighted by Gasteiger charge is -2.24. The van der Waals surface area contributed by atoms with Crippen molar-refractivity contribution in [3.05, 3.63) is 0 Å². The minimum absolute atomic E-state index is 0.0946. The Kier molecular flexibility index (Phi) is 5.72. The molecule has 0 aliphatic heterocycles. The Bertz CT molecular complexity index is 134. The fourth-order valence-electron chi connectivity index (χ4n) is 1.07. The highest BCUT2D eigenvalue weighted by atomic mass is 16.1. The molecule has 3 nitrogen and oxygen atoms in total. The molecule has 0 rings (SSSR count). The largest absolute Gasteiger partial charge is 0.358 e. The quantitative estimate of drug-likeness (QED) is 0.667. The lowest BCUT2D eigenvalue weighted by atomic mass is 10.3. The summed E-state index contributed by atoms with van der Waals surface area (Å²) in [5.41, 5.74) is 0. The van der Waals surface area contributed by atoms with Gasteiger partial charge in [-0.1, -0.05) is 6.92 Å². The zero-order valence-corrected chi connectivity index (χ0v) is 8.55. The zero-order chi connectivity index (χ0) is 9.56. The maximum absolute atomic E-state index is 11.0. The first kappa shape index (κ1) is 11.4. The Morgan fingerprint density at radius 3 is 2.42 bits per heavy atom. The van der Waals surface area contributed by atoms with Crippen molar-refractivity contribution in [1.29, 1.82) is 0 Å². The van der Waals surface area contributed by atoms with Crippen LogP contribution in [0.15, 0.2) is 0 Å². The molecule has 0 heterocycles. The van der Waals surface area contributed by atoms with Crippen LogP contribution in [0.5, 0.6) is 0 Å². The predicted octanol–water partition coefficient (Wildman–Crippen LogP) is 0.853. The SMILES string of the molecule is CCCN(CC(=O)NC)C(C)C. The van der Waals surface area contributed by atoms with Gasteiger partial charge in [0.2, 0.25) is 5.91 Å². The van der Waals surface area contributed by atoms with E-state index in [1.165, 1.54) is 0 Å². The maximum Gasteiger partial charge on any atom is 0.233 e. The van der Waals surface area contributed by atoms with Crippen LogP contribution in [0.4, 0.5) is 0 Å². The Morgan fingerprint density at radius 2 is 2.08 bits per heavy atom. The topological polar surface area (TPSA) is 32.3 Å². The van der Waals surface area contributed by atoms with Crippen molar-refractivity contribution in [1.82, 2.24) is 10.2 Å². The van der Waals surface area contributed by atoms with Crippen molar-refractivity contribution >= 4 is 5.91 Å². The van der Waals surface area contributed by atoms with Gasteiger partial charge in [0, 0.05) is 13.1 Å². The molecule has 0 unspecified atom stereocenters. The minimum Gasteiger partial charge on any atom is -0.358 e. The van der Waals surface area contributed by atoms with Crippen LogP contribution >= 0.6 is 0 Å². The van der Waals surface area contributed by atoms with Crippen LogP contribution in [0, 0.1) is 0 Å². The molecule has 1 amide bonds. The molecular weight excluding hydrogens is 152 g/mol. The van der Waals surface area contributed by atoms with E-state index in [-0.39, 0.29) is 5.91 Å². The van der Waals surface area contributed by atoms with Crippen LogP contribution in [0.1, 0.15) is 27.2 Å². The highest BCUT2D eigenvalue weighted by Gasteiger charge is 2.11. The average Bonchev–Trinajstić information content (AvgIpc) is 2.03. The van der Waals surface area contributed by atoms with E-state index in [4.69, 9.17) is 0 Å². The molecule has 0 fully saturated rings. The molecule has 0 aromatic rings. The smallest absolute Gasteiger partial charge is 0.233 e. The molecule has 0 aromatic heterocycles. The Labute approximate surface area is 75.1 Å². The van der Waals surface area contributed by atoms with Gasteiger partial charge in [0.05, 0.1) is 6.54 Å². The highest BCUT2D eigenvalue weighted by molar-refractivity contribution is 5.77. The molecule has 0 aliphatic carbocycles. The van der Waals surface area contributed by atoms with Crippen molar-refractivity contribution < 1.29 is 4.79 Å². The van der Waals surface area contributed by atoms with Crippen molar-refractivity contribution in [3.63, 3.8) is 0 Å². The third kappa shape index (κ3) is 4.34. The van der Waals surface area contributed by atoms with E-state index in [1.54, 1.807) is 7.05 Å². The number of amides is 1. The second-order valence-electron chi connectivity index (χ2n) is 3.24. The third-order valence-electron chi connectivity index (χ3n) is 1.87. The van der Waals surface area contributed by atoms with E-state index in [0.717, 1.165) is 13.0 Å².